The Morgan fingerprint density at radius 1 is 1.29 bits per heavy atom. The van der Waals surface area contributed by atoms with Crippen molar-refractivity contribution in [3.05, 3.63) is 34.3 Å². The molecule has 0 saturated carbocycles. The fourth-order valence-corrected chi connectivity index (χ4v) is 2.40. The van der Waals surface area contributed by atoms with Gasteiger partial charge in [-0.1, -0.05) is 35.8 Å². The Kier molecular flexibility index (Phi) is 6.84. The number of benzene rings is 1. The number of amides is 2. The molecule has 4 N–H and O–H groups in total. The van der Waals surface area contributed by atoms with E-state index in [4.69, 9.17) is 5.73 Å². The summed E-state index contributed by atoms with van der Waals surface area (Å²) >= 11 is 3.31. The molecule has 0 spiro atoms. The maximum Gasteiger partial charge on any atom is 0.251 e. The summed E-state index contributed by atoms with van der Waals surface area (Å²) in [5.41, 5.74) is 5.85. The average molecular weight is 356 g/mol. The molecule has 0 aliphatic carbocycles. The summed E-state index contributed by atoms with van der Waals surface area (Å²) in [7, 11) is 0. The highest BCUT2D eigenvalue weighted by molar-refractivity contribution is 9.10. The van der Waals surface area contributed by atoms with Gasteiger partial charge in [-0.05, 0) is 31.0 Å². The first kappa shape index (κ1) is 17.7. The van der Waals surface area contributed by atoms with Crippen molar-refractivity contribution in [1.82, 2.24) is 10.6 Å². The molecule has 0 aliphatic rings. The van der Waals surface area contributed by atoms with Gasteiger partial charge in [0.15, 0.2) is 0 Å². The molecule has 116 valence electrons. The Hall–Kier alpha value is -1.40. The lowest BCUT2D eigenvalue weighted by Crippen LogP contribution is -2.55. The highest BCUT2D eigenvalue weighted by atomic mass is 79.9. The highest BCUT2D eigenvalue weighted by Gasteiger charge is 2.26. The van der Waals surface area contributed by atoms with Crippen LogP contribution in [-0.2, 0) is 4.79 Å². The molecular formula is C15H22BrN3O2. The first-order chi connectivity index (χ1) is 9.96. The van der Waals surface area contributed by atoms with E-state index in [1.807, 2.05) is 19.9 Å². The molecule has 2 amide bonds. The molecule has 0 aromatic heterocycles. The van der Waals surface area contributed by atoms with Crippen LogP contribution in [0.15, 0.2) is 28.7 Å². The van der Waals surface area contributed by atoms with Gasteiger partial charge in [-0.3, -0.25) is 9.59 Å². The average Bonchev–Trinajstić information content (AvgIpc) is 2.50. The predicted octanol–water partition coefficient (Wildman–Crippen LogP) is 1.81. The summed E-state index contributed by atoms with van der Waals surface area (Å²) in [4.78, 5) is 23.9. The quantitative estimate of drug-likeness (QED) is 0.697. The lowest BCUT2D eigenvalue weighted by molar-refractivity contribution is -0.122. The predicted molar refractivity (Wildman–Crippen MR) is 87.0 cm³/mol. The van der Waals surface area contributed by atoms with Crippen LogP contribution in [0.4, 0.5) is 0 Å². The SMILES string of the molecule is CCC(CC)(CN)NC(=O)CNC(=O)c1cccc(Br)c1. The second kappa shape index (κ2) is 8.14. The van der Waals surface area contributed by atoms with Gasteiger partial charge in [0.2, 0.25) is 5.91 Å². The molecule has 0 fully saturated rings. The van der Waals surface area contributed by atoms with E-state index in [2.05, 4.69) is 26.6 Å². The van der Waals surface area contributed by atoms with E-state index in [1.54, 1.807) is 18.2 Å². The number of nitrogens with two attached hydrogens (primary N) is 1. The number of halogens is 1. The Bertz CT molecular complexity index is 493. The van der Waals surface area contributed by atoms with Gasteiger partial charge in [0.05, 0.1) is 12.1 Å². The number of hydrogen-bond acceptors (Lipinski definition) is 3. The largest absolute Gasteiger partial charge is 0.348 e. The van der Waals surface area contributed by atoms with Gasteiger partial charge in [0, 0.05) is 16.6 Å². The zero-order valence-corrected chi connectivity index (χ0v) is 14.0. The summed E-state index contributed by atoms with van der Waals surface area (Å²) in [6.07, 6.45) is 1.51. The van der Waals surface area contributed by atoms with Gasteiger partial charge in [-0.15, -0.1) is 0 Å². The Balaban J connectivity index is 2.55. The van der Waals surface area contributed by atoms with E-state index >= 15 is 0 Å². The van der Waals surface area contributed by atoms with Gasteiger partial charge in [-0.25, -0.2) is 0 Å². The summed E-state index contributed by atoms with van der Waals surface area (Å²) in [5.74, 6) is -0.509. The molecule has 6 heteroatoms. The van der Waals surface area contributed by atoms with Gasteiger partial charge < -0.3 is 16.4 Å². The van der Waals surface area contributed by atoms with E-state index in [0.717, 1.165) is 17.3 Å². The van der Waals surface area contributed by atoms with Crippen LogP contribution in [0.2, 0.25) is 0 Å². The maximum atomic E-state index is 11.9. The molecule has 0 heterocycles. The van der Waals surface area contributed by atoms with Crippen LogP contribution >= 0.6 is 15.9 Å². The molecular weight excluding hydrogens is 334 g/mol. The second-order valence-electron chi connectivity index (χ2n) is 4.93. The van der Waals surface area contributed by atoms with Gasteiger partial charge >= 0.3 is 0 Å². The van der Waals surface area contributed by atoms with Crippen molar-refractivity contribution in [2.75, 3.05) is 13.1 Å². The smallest absolute Gasteiger partial charge is 0.251 e. The van der Waals surface area contributed by atoms with Gasteiger partial charge in [0.25, 0.3) is 5.91 Å². The number of carbonyl (C=O) groups is 2. The molecule has 0 unspecified atom stereocenters. The van der Waals surface area contributed by atoms with E-state index in [1.165, 1.54) is 0 Å². The van der Waals surface area contributed by atoms with E-state index < -0.39 is 5.54 Å². The number of nitrogens with one attached hydrogen (secondary N) is 2. The van der Waals surface area contributed by atoms with Crippen LogP contribution in [0.1, 0.15) is 37.0 Å². The Morgan fingerprint density at radius 2 is 1.95 bits per heavy atom. The molecule has 0 radical (unpaired) electrons. The zero-order valence-electron chi connectivity index (χ0n) is 12.4. The van der Waals surface area contributed by atoms with Gasteiger partial charge in [0.1, 0.15) is 0 Å². The van der Waals surface area contributed by atoms with E-state index in [0.29, 0.717) is 12.1 Å². The van der Waals surface area contributed by atoms with Crippen molar-refractivity contribution in [3.8, 4) is 0 Å². The van der Waals surface area contributed by atoms with Crippen LogP contribution in [0.3, 0.4) is 0 Å². The highest BCUT2D eigenvalue weighted by Crippen LogP contribution is 2.13. The minimum absolute atomic E-state index is 0.0624. The van der Waals surface area contributed by atoms with Crippen LogP contribution in [0, 0.1) is 0 Å². The fraction of sp³-hybridized carbons (Fsp3) is 0.467. The second-order valence-corrected chi connectivity index (χ2v) is 5.85. The summed E-state index contributed by atoms with van der Waals surface area (Å²) in [6.45, 7) is 4.28. The van der Waals surface area contributed by atoms with Crippen molar-refractivity contribution >= 4 is 27.7 Å². The normalized spacial score (nSPS) is 11.0. The molecule has 21 heavy (non-hydrogen) atoms. The van der Waals surface area contributed by atoms with Crippen LogP contribution in [-0.4, -0.2) is 30.4 Å². The van der Waals surface area contributed by atoms with Crippen molar-refractivity contribution < 1.29 is 9.59 Å². The standard InChI is InChI=1S/C15H22BrN3O2/c1-3-15(4-2,10-17)19-13(20)9-18-14(21)11-6-5-7-12(16)8-11/h5-8H,3-4,9-10,17H2,1-2H3,(H,18,21)(H,19,20). The lowest BCUT2D eigenvalue weighted by Gasteiger charge is -2.31. The monoisotopic (exact) mass is 355 g/mol. The van der Waals surface area contributed by atoms with Crippen LogP contribution in [0.5, 0.6) is 0 Å². The lowest BCUT2D eigenvalue weighted by atomic mass is 9.93. The molecule has 0 atom stereocenters. The number of rotatable bonds is 7. The van der Waals surface area contributed by atoms with E-state index in [9.17, 15) is 9.59 Å². The molecule has 1 aromatic carbocycles. The molecule has 0 saturated heterocycles. The van der Waals surface area contributed by atoms with Crippen molar-refractivity contribution in [3.63, 3.8) is 0 Å². The van der Waals surface area contributed by atoms with Gasteiger partial charge in [-0.2, -0.15) is 0 Å². The topological polar surface area (TPSA) is 84.2 Å². The number of carbonyl (C=O) groups excluding carboxylic acids is 2. The molecule has 1 aromatic rings. The first-order valence-electron chi connectivity index (χ1n) is 7.01. The Morgan fingerprint density at radius 3 is 2.48 bits per heavy atom. The first-order valence-corrected chi connectivity index (χ1v) is 7.80. The van der Waals surface area contributed by atoms with Crippen molar-refractivity contribution in [1.29, 1.82) is 0 Å². The third kappa shape index (κ3) is 5.13. The minimum Gasteiger partial charge on any atom is -0.348 e. The van der Waals surface area contributed by atoms with Crippen molar-refractivity contribution in [2.45, 2.75) is 32.2 Å². The third-order valence-corrected chi connectivity index (χ3v) is 4.14. The number of hydrogen-bond donors (Lipinski definition) is 3. The third-order valence-electron chi connectivity index (χ3n) is 3.65. The zero-order chi connectivity index (χ0) is 15.9. The van der Waals surface area contributed by atoms with E-state index in [-0.39, 0.29) is 18.4 Å². The summed E-state index contributed by atoms with van der Waals surface area (Å²) in [5, 5.41) is 5.52. The van der Waals surface area contributed by atoms with Crippen LogP contribution in [0.25, 0.3) is 0 Å². The molecule has 0 aliphatic heterocycles. The molecule has 1 rings (SSSR count). The Labute approximate surface area is 133 Å². The molecule has 0 bridgehead atoms. The fourth-order valence-electron chi connectivity index (χ4n) is 2.00. The summed E-state index contributed by atoms with van der Waals surface area (Å²) < 4.78 is 0.818. The van der Waals surface area contributed by atoms with Crippen LogP contribution < -0.4 is 16.4 Å². The maximum absolute atomic E-state index is 11.9. The van der Waals surface area contributed by atoms with Crippen molar-refractivity contribution in [2.24, 2.45) is 5.73 Å². The summed E-state index contributed by atoms with van der Waals surface area (Å²) in [6, 6.07) is 7.00. The minimum atomic E-state index is -0.391. The molecule has 5 nitrogen and oxygen atoms in total.